The van der Waals surface area contributed by atoms with Gasteiger partial charge < -0.3 is 20.1 Å². The molecule has 0 bridgehead atoms. The molecule has 1 fully saturated rings. The van der Waals surface area contributed by atoms with E-state index in [1.54, 1.807) is 60.2 Å². The van der Waals surface area contributed by atoms with Gasteiger partial charge in [-0.15, -0.1) is 0 Å². The second kappa shape index (κ2) is 8.32. The van der Waals surface area contributed by atoms with Crippen molar-refractivity contribution < 1.29 is 19.1 Å². The van der Waals surface area contributed by atoms with Gasteiger partial charge in [-0.05, 0) is 49.2 Å². The van der Waals surface area contributed by atoms with E-state index in [1.165, 1.54) is 0 Å². The number of imidazole rings is 1. The summed E-state index contributed by atoms with van der Waals surface area (Å²) >= 11 is 0. The summed E-state index contributed by atoms with van der Waals surface area (Å²) < 4.78 is 12.3. The molecule has 3 heterocycles. The summed E-state index contributed by atoms with van der Waals surface area (Å²) in [5.41, 5.74) is 1.35. The Kier molecular flexibility index (Phi) is 5.44. The summed E-state index contributed by atoms with van der Waals surface area (Å²) in [5.74, 6) is 0.126. The Balaban J connectivity index is 1.55. The number of aromatic nitrogens is 2. The van der Waals surface area contributed by atoms with Crippen molar-refractivity contribution in [3.63, 3.8) is 0 Å². The minimum Gasteiger partial charge on any atom is -0.497 e. The van der Waals surface area contributed by atoms with Gasteiger partial charge in [0.2, 0.25) is 5.82 Å². The maximum absolute atomic E-state index is 12.8. The molecule has 0 spiro atoms. The lowest BCUT2D eigenvalue weighted by Crippen LogP contribution is -2.33. The van der Waals surface area contributed by atoms with E-state index < -0.39 is 5.91 Å². The van der Waals surface area contributed by atoms with Gasteiger partial charge in [-0.25, -0.2) is 4.98 Å². The van der Waals surface area contributed by atoms with E-state index in [9.17, 15) is 9.59 Å². The van der Waals surface area contributed by atoms with Crippen LogP contribution in [-0.2, 0) is 4.74 Å². The Morgan fingerprint density at radius 2 is 2.03 bits per heavy atom. The third-order valence-electron chi connectivity index (χ3n) is 4.83. The molecule has 2 amide bonds. The SMILES string of the molecule is COc1ccc(NC(=O)c2nc(C(=O)NCC3CCCO3)n3ccccc23)cc1. The van der Waals surface area contributed by atoms with Crippen LogP contribution in [0, 0.1) is 0 Å². The molecule has 0 saturated carbocycles. The number of hydrogen-bond acceptors (Lipinski definition) is 5. The number of amides is 2. The molecule has 8 nitrogen and oxygen atoms in total. The molecule has 150 valence electrons. The quantitative estimate of drug-likeness (QED) is 0.670. The van der Waals surface area contributed by atoms with Crippen molar-refractivity contribution >= 4 is 23.0 Å². The number of carbonyl (C=O) groups is 2. The standard InChI is InChI=1S/C21H22N4O4/c1-28-15-9-7-14(8-10-15)23-20(26)18-17-6-2-3-11-25(17)19(24-18)21(27)22-13-16-5-4-12-29-16/h2-3,6-11,16H,4-5,12-13H2,1H3,(H,22,27)(H,23,26). The Labute approximate surface area is 167 Å². The van der Waals surface area contributed by atoms with Crippen molar-refractivity contribution in [3.05, 3.63) is 60.2 Å². The van der Waals surface area contributed by atoms with Crippen molar-refractivity contribution in [3.8, 4) is 5.75 Å². The molecule has 29 heavy (non-hydrogen) atoms. The van der Waals surface area contributed by atoms with Gasteiger partial charge in [0, 0.05) is 25.0 Å². The minimum absolute atomic E-state index is 0.0306. The number of methoxy groups -OCH3 is 1. The van der Waals surface area contributed by atoms with Gasteiger partial charge in [-0.3, -0.25) is 14.0 Å². The Morgan fingerprint density at radius 3 is 2.76 bits per heavy atom. The van der Waals surface area contributed by atoms with Crippen LogP contribution in [0.5, 0.6) is 5.75 Å². The molecule has 1 aliphatic heterocycles. The second-order valence-electron chi connectivity index (χ2n) is 6.77. The monoisotopic (exact) mass is 394 g/mol. The molecule has 0 aliphatic carbocycles. The average Bonchev–Trinajstić information content (AvgIpc) is 3.40. The predicted molar refractivity (Wildman–Crippen MR) is 107 cm³/mol. The number of nitrogens with one attached hydrogen (secondary N) is 2. The molecule has 2 N–H and O–H groups in total. The topological polar surface area (TPSA) is 94.0 Å². The first-order valence-electron chi connectivity index (χ1n) is 9.48. The molecule has 1 saturated heterocycles. The van der Waals surface area contributed by atoms with E-state index in [0.29, 0.717) is 23.5 Å². The van der Waals surface area contributed by atoms with Gasteiger partial charge in [0.1, 0.15) is 5.75 Å². The third kappa shape index (κ3) is 4.07. The summed E-state index contributed by atoms with van der Waals surface area (Å²) in [6.45, 7) is 1.15. The lowest BCUT2D eigenvalue weighted by atomic mass is 10.2. The zero-order valence-corrected chi connectivity index (χ0v) is 16.1. The minimum atomic E-state index is -0.392. The van der Waals surface area contributed by atoms with Crippen molar-refractivity contribution in [2.45, 2.75) is 18.9 Å². The van der Waals surface area contributed by atoms with Crippen molar-refractivity contribution in [1.82, 2.24) is 14.7 Å². The zero-order chi connectivity index (χ0) is 20.2. The maximum Gasteiger partial charge on any atom is 0.287 e. The Morgan fingerprint density at radius 1 is 1.21 bits per heavy atom. The van der Waals surface area contributed by atoms with Crippen LogP contribution < -0.4 is 15.4 Å². The first kappa shape index (κ1) is 18.9. The van der Waals surface area contributed by atoms with E-state index in [0.717, 1.165) is 19.4 Å². The molecule has 0 radical (unpaired) electrons. The molecule has 1 unspecified atom stereocenters. The van der Waals surface area contributed by atoms with Crippen LogP contribution in [0.15, 0.2) is 48.7 Å². The van der Waals surface area contributed by atoms with E-state index in [1.807, 2.05) is 0 Å². The fourth-order valence-electron chi connectivity index (χ4n) is 3.32. The Bertz CT molecular complexity index is 1020. The van der Waals surface area contributed by atoms with E-state index in [2.05, 4.69) is 15.6 Å². The first-order chi connectivity index (χ1) is 14.2. The number of hydrogen-bond donors (Lipinski definition) is 2. The van der Waals surface area contributed by atoms with Crippen LogP contribution in [-0.4, -0.2) is 47.6 Å². The third-order valence-corrected chi connectivity index (χ3v) is 4.83. The number of fused-ring (bicyclic) bond motifs is 1. The molecule has 8 heteroatoms. The lowest BCUT2D eigenvalue weighted by molar-refractivity contribution is 0.0848. The largest absolute Gasteiger partial charge is 0.497 e. The highest BCUT2D eigenvalue weighted by Crippen LogP contribution is 2.18. The molecule has 1 aliphatic rings. The van der Waals surface area contributed by atoms with Crippen LogP contribution in [0.4, 0.5) is 5.69 Å². The Hall–Kier alpha value is -3.39. The lowest BCUT2D eigenvalue weighted by Gasteiger charge is -2.10. The summed E-state index contributed by atoms with van der Waals surface area (Å²) in [5, 5.41) is 5.66. The summed E-state index contributed by atoms with van der Waals surface area (Å²) in [6, 6.07) is 12.3. The molecular weight excluding hydrogens is 372 g/mol. The van der Waals surface area contributed by atoms with E-state index in [-0.39, 0.29) is 23.5 Å². The van der Waals surface area contributed by atoms with Crippen molar-refractivity contribution in [1.29, 1.82) is 0 Å². The van der Waals surface area contributed by atoms with E-state index in [4.69, 9.17) is 9.47 Å². The number of pyridine rings is 1. The number of ether oxygens (including phenoxy) is 2. The van der Waals surface area contributed by atoms with Gasteiger partial charge in [-0.1, -0.05) is 6.07 Å². The highest BCUT2D eigenvalue weighted by Gasteiger charge is 2.23. The van der Waals surface area contributed by atoms with Crippen LogP contribution in [0.1, 0.15) is 33.9 Å². The van der Waals surface area contributed by atoms with Crippen LogP contribution >= 0.6 is 0 Å². The number of nitrogens with zero attached hydrogens (tertiary/aromatic N) is 2. The summed E-state index contributed by atoms with van der Waals surface area (Å²) in [7, 11) is 1.58. The van der Waals surface area contributed by atoms with Crippen molar-refractivity contribution in [2.24, 2.45) is 0 Å². The van der Waals surface area contributed by atoms with Gasteiger partial charge >= 0.3 is 0 Å². The fraction of sp³-hybridized carbons (Fsp3) is 0.286. The van der Waals surface area contributed by atoms with Gasteiger partial charge in [0.25, 0.3) is 11.8 Å². The maximum atomic E-state index is 12.8. The second-order valence-corrected chi connectivity index (χ2v) is 6.77. The number of rotatable bonds is 6. The highest BCUT2D eigenvalue weighted by molar-refractivity contribution is 6.08. The molecule has 2 aromatic heterocycles. The number of anilines is 1. The molecule has 4 rings (SSSR count). The van der Waals surface area contributed by atoms with Gasteiger partial charge in [0.15, 0.2) is 5.69 Å². The molecule has 1 atom stereocenters. The summed E-state index contributed by atoms with van der Waals surface area (Å²) in [4.78, 5) is 29.8. The van der Waals surface area contributed by atoms with Gasteiger partial charge in [-0.2, -0.15) is 0 Å². The van der Waals surface area contributed by atoms with Crippen molar-refractivity contribution in [2.75, 3.05) is 25.6 Å². The molecule has 1 aromatic carbocycles. The van der Waals surface area contributed by atoms with Crippen LogP contribution in [0.3, 0.4) is 0 Å². The average molecular weight is 394 g/mol. The smallest absolute Gasteiger partial charge is 0.287 e. The first-order valence-corrected chi connectivity index (χ1v) is 9.48. The van der Waals surface area contributed by atoms with Gasteiger partial charge in [0.05, 0.1) is 18.7 Å². The molecule has 3 aromatic rings. The normalized spacial score (nSPS) is 16.0. The number of carbonyl (C=O) groups excluding carboxylic acids is 2. The van der Waals surface area contributed by atoms with Crippen LogP contribution in [0.25, 0.3) is 5.52 Å². The van der Waals surface area contributed by atoms with E-state index >= 15 is 0 Å². The predicted octanol–water partition coefficient (Wildman–Crippen LogP) is 2.50. The zero-order valence-electron chi connectivity index (χ0n) is 16.1. The summed E-state index contributed by atoms with van der Waals surface area (Å²) in [6.07, 6.45) is 3.68. The fourth-order valence-corrected chi connectivity index (χ4v) is 3.32. The number of benzene rings is 1. The highest BCUT2D eigenvalue weighted by atomic mass is 16.5. The van der Waals surface area contributed by atoms with Crippen LogP contribution in [0.2, 0.25) is 0 Å². The molecular formula is C21H22N4O4.